The van der Waals surface area contributed by atoms with Crippen molar-refractivity contribution in [2.45, 2.75) is 79.2 Å². The fourth-order valence-electron chi connectivity index (χ4n) is 4.94. The van der Waals surface area contributed by atoms with Gasteiger partial charge in [0.05, 0.1) is 17.4 Å². The maximum absolute atomic E-state index is 13.5. The molecule has 0 saturated carbocycles. The van der Waals surface area contributed by atoms with Gasteiger partial charge in [-0.05, 0) is 51.2 Å². The molecule has 1 aromatic heterocycles. The van der Waals surface area contributed by atoms with Crippen LogP contribution in [-0.2, 0) is 20.9 Å². The van der Waals surface area contributed by atoms with Crippen LogP contribution in [0.5, 0.6) is 0 Å². The monoisotopic (exact) mass is 558 g/mol. The molecule has 1 aromatic rings. The summed E-state index contributed by atoms with van der Waals surface area (Å²) in [5.41, 5.74) is 1.03. The number of unbranched alkanes of at least 4 members (excludes halogenated alkanes) is 3. The van der Waals surface area contributed by atoms with Crippen molar-refractivity contribution in [1.82, 2.24) is 9.47 Å². The standard InChI is InChI=1S/C28H38N4O4S2/c1-5-8-10-14-32-26(34)23(38-28(32)37)17-21-19(4)22(18-29)25(33)31(13-9-6-2)24(21)30-15-11-20(12-16-30)27(35)36-7-3/h17,20H,5-16H2,1-4H3/b23-17-. The van der Waals surface area contributed by atoms with Crippen LogP contribution in [0, 0.1) is 24.2 Å². The Morgan fingerprint density at radius 3 is 2.42 bits per heavy atom. The number of carbonyl (C=O) groups excluding carboxylic acids is 2. The number of pyridine rings is 1. The molecule has 0 unspecified atom stereocenters. The van der Waals surface area contributed by atoms with E-state index in [0.717, 1.165) is 32.1 Å². The number of thioether (sulfide) groups is 1. The first-order valence-electron chi connectivity index (χ1n) is 13.6. The highest BCUT2D eigenvalue weighted by molar-refractivity contribution is 8.26. The Morgan fingerprint density at radius 2 is 1.82 bits per heavy atom. The van der Waals surface area contributed by atoms with Crippen LogP contribution in [0.15, 0.2) is 9.70 Å². The minimum Gasteiger partial charge on any atom is -0.466 e. The number of amides is 1. The summed E-state index contributed by atoms with van der Waals surface area (Å²) in [4.78, 5) is 43.4. The van der Waals surface area contributed by atoms with Crippen LogP contribution in [0.25, 0.3) is 6.08 Å². The predicted molar refractivity (Wildman–Crippen MR) is 156 cm³/mol. The number of carbonyl (C=O) groups is 2. The molecule has 2 aliphatic rings. The number of ether oxygens (including phenoxy) is 1. The summed E-state index contributed by atoms with van der Waals surface area (Å²) in [5.74, 6) is 0.216. The van der Waals surface area contributed by atoms with Crippen molar-refractivity contribution in [2.75, 3.05) is 31.1 Å². The molecule has 2 aliphatic heterocycles. The third-order valence-electron chi connectivity index (χ3n) is 7.13. The summed E-state index contributed by atoms with van der Waals surface area (Å²) < 4.78 is 7.45. The van der Waals surface area contributed by atoms with Crippen LogP contribution >= 0.6 is 24.0 Å². The molecule has 38 heavy (non-hydrogen) atoms. The van der Waals surface area contributed by atoms with Crippen LogP contribution in [0.4, 0.5) is 5.82 Å². The highest BCUT2D eigenvalue weighted by Gasteiger charge is 2.34. The van der Waals surface area contributed by atoms with Gasteiger partial charge in [-0.2, -0.15) is 5.26 Å². The molecule has 0 atom stereocenters. The SMILES string of the molecule is CCCCCN1C(=O)/C(=C/c2c(C)c(C#N)c(=O)n(CCCC)c2N2CCC(C(=O)OCC)CC2)SC1=S. The van der Waals surface area contributed by atoms with Gasteiger partial charge in [0, 0.05) is 31.7 Å². The highest BCUT2D eigenvalue weighted by atomic mass is 32.2. The second-order valence-corrected chi connectivity index (χ2v) is 11.4. The number of piperidine rings is 1. The molecule has 0 aromatic carbocycles. The summed E-state index contributed by atoms with van der Waals surface area (Å²) in [6.45, 7) is 10.3. The third-order valence-corrected chi connectivity index (χ3v) is 8.51. The van der Waals surface area contributed by atoms with Crippen molar-refractivity contribution < 1.29 is 14.3 Å². The summed E-state index contributed by atoms with van der Waals surface area (Å²) in [5, 5.41) is 9.89. The number of aromatic nitrogens is 1. The zero-order valence-electron chi connectivity index (χ0n) is 22.9. The molecule has 3 rings (SSSR count). The fraction of sp³-hybridized carbons (Fsp3) is 0.607. The van der Waals surface area contributed by atoms with Gasteiger partial charge in [0.1, 0.15) is 21.8 Å². The number of hydrogen-bond donors (Lipinski definition) is 0. The zero-order chi connectivity index (χ0) is 27.8. The number of nitriles is 1. The summed E-state index contributed by atoms with van der Waals surface area (Å²) in [6, 6.07) is 2.10. The van der Waals surface area contributed by atoms with E-state index in [1.54, 1.807) is 23.3 Å². The first kappa shape index (κ1) is 29.9. The van der Waals surface area contributed by atoms with Crippen LogP contribution in [0.3, 0.4) is 0 Å². The minimum atomic E-state index is -0.315. The Hall–Kier alpha value is -2.64. The van der Waals surface area contributed by atoms with Crippen LogP contribution in [-0.4, -0.2) is 51.9 Å². The van der Waals surface area contributed by atoms with Crippen molar-refractivity contribution in [3.63, 3.8) is 0 Å². The molecule has 0 bridgehead atoms. The fourth-order valence-corrected chi connectivity index (χ4v) is 6.23. The maximum atomic E-state index is 13.5. The average molecular weight is 559 g/mol. The number of nitrogens with zero attached hydrogens (tertiary/aromatic N) is 4. The average Bonchev–Trinajstić information content (AvgIpc) is 3.17. The lowest BCUT2D eigenvalue weighted by atomic mass is 9.95. The Balaban J connectivity index is 2.08. The van der Waals surface area contributed by atoms with Gasteiger partial charge < -0.3 is 9.64 Å². The van der Waals surface area contributed by atoms with Crippen molar-refractivity contribution in [3.8, 4) is 6.07 Å². The van der Waals surface area contributed by atoms with Gasteiger partial charge in [0.2, 0.25) is 0 Å². The molecule has 3 heterocycles. The van der Waals surface area contributed by atoms with E-state index >= 15 is 0 Å². The number of hydrogen-bond acceptors (Lipinski definition) is 8. The molecule has 206 valence electrons. The van der Waals surface area contributed by atoms with Gasteiger partial charge in [0.25, 0.3) is 11.5 Å². The smallest absolute Gasteiger partial charge is 0.309 e. The van der Waals surface area contributed by atoms with E-state index in [9.17, 15) is 19.6 Å². The zero-order valence-corrected chi connectivity index (χ0v) is 24.5. The van der Waals surface area contributed by atoms with E-state index in [1.807, 2.05) is 6.08 Å². The van der Waals surface area contributed by atoms with Crippen molar-refractivity contribution in [2.24, 2.45) is 5.92 Å². The Kier molecular flexibility index (Phi) is 11.0. The Labute approximate surface area is 235 Å². The van der Waals surface area contributed by atoms with E-state index in [4.69, 9.17) is 17.0 Å². The second-order valence-electron chi connectivity index (χ2n) is 9.71. The maximum Gasteiger partial charge on any atom is 0.309 e. The Bertz CT molecular complexity index is 1190. The second kappa shape index (κ2) is 13.9. The van der Waals surface area contributed by atoms with Crippen molar-refractivity contribution in [1.29, 1.82) is 5.26 Å². The van der Waals surface area contributed by atoms with Gasteiger partial charge in [-0.1, -0.05) is 57.1 Å². The number of anilines is 1. The van der Waals surface area contributed by atoms with E-state index in [2.05, 4.69) is 24.8 Å². The number of esters is 1. The lowest BCUT2D eigenvalue weighted by Crippen LogP contribution is -2.41. The molecule has 1 amide bonds. The molecule has 0 aliphatic carbocycles. The molecule has 0 N–H and O–H groups in total. The molecule has 10 heteroatoms. The normalized spacial score (nSPS) is 17.4. The lowest BCUT2D eigenvalue weighted by Gasteiger charge is -2.35. The van der Waals surface area contributed by atoms with Crippen LogP contribution in [0.2, 0.25) is 0 Å². The molecular weight excluding hydrogens is 520 g/mol. The molecule has 8 nitrogen and oxygen atoms in total. The first-order valence-corrected chi connectivity index (χ1v) is 14.9. The van der Waals surface area contributed by atoms with Gasteiger partial charge in [-0.3, -0.25) is 23.9 Å². The van der Waals surface area contributed by atoms with E-state index in [-0.39, 0.29) is 28.9 Å². The van der Waals surface area contributed by atoms with Crippen LogP contribution < -0.4 is 10.5 Å². The summed E-state index contributed by atoms with van der Waals surface area (Å²) >= 11 is 6.80. The van der Waals surface area contributed by atoms with Gasteiger partial charge in [-0.15, -0.1) is 0 Å². The van der Waals surface area contributed by atoms with Crippen molar-refractivity contribution >= 4 is 52.1 Å². The summed E-state index contributed by atoms with van der Waals surface area (Å²) in [6.07, 6.45) is 7.65. The molecule has 2 fully saturated rings. The van der Waals surface area contributed by atoms with Crippen molar-refractivity contribution in [3.05, 3.63) is 31.9 Å². The molecule has 0 radical (unpaired) electrons. The quantitative estimate of drug-likeness (QED) is 0.162. The molecule has 2 saturated heterocycles. The molecular formula is C28H38N4O4S2. The summed E-state index contributed by atoms with van der Waals surface area (Å²) in [7, 11) is 0. The predicted octanol–water partition coefficient (Wildman–Crippen LogP) is 5.00. The van der Waals surface area contributed by atoms with E-state index in [1.165, 1.54) is 11.8 Å². The van der Waals surface area contributed by atoms with Crippen LogP contribution in [0.1, 0.15) is 82.4 Å². The first-order chi connectivity index (χ1) is 18.3. The third kappa shape index (κ3) is 6.49. The topological polar surface area (TPSA) is 95.6 Å². The van der Waals surface area contributed by atoms with Gasteiger partial charge in [-0.25, -0.2) is 0 Å². The lowest BCUT2D eigenvalue weighted by molar-refractivity contribution is -0.148. The van der Waals surface area contributed by atoms with Gasteiger partial charge in [0.15, 0.2) is 0 Å². The minimum absolute atomic E-state index is 0.0935. The van der Waals surface area contributed by atoms with Gasteiger partial charge >= 0.3 is 5.97 Å². The highest BCUT2D eigenvalue weighted by Crippen LogP contribution is 2.37. The number of thiocarbonyl (C=S) groups is 1. The molecule has 0 spiro atoms. The van der Waals surface area contributed by atoms with E-state index < -0.39 is 0 Å². The largest absolute Gasteiger partial charge is 0.466 e. The Morgan fingerprint density at radius 1 is 1.13 bits per heavy atom. The van der Waals surface area contributed by atoms with E-state index in [0.29, 0.717) is 71.8 Å². The number of rotatable bonds is 11.